The number of carbonyl (C=O) groups excluding carboxylic acids is 1. The summed E-state index contributed by atoms with van der Waals surface area (Å²) >= 11 is 0. The van der Waals surface area contributed by atoms with Crippen LogP contribution in [0.2, 0.25) is 0 Å². The number of nitrogens with zero attached hydrogens (tertiary/aromatic N) is 2. The Bertz CT molecular complexity index is 2250. The van der Waals surface area contributed by atoms with Crippen molar-refractivity contribution in [2.24, 2.45) is 0 Å². The van der Waals surface area contributed by atoms with Gasteiger partial charge in [0.05, 0.1) is 45.2 Å². The lowest BCUT2D eigenvalue weighted by molar-refractivity contribution is -0.0622. The maximum atomic E-state index is 14.1. The average Bonchev–Trinajstić information content (AvgIpc) is 3.23. The van der Waals surface area contributed by atoms with Crippen molar-refractivity contribution in [2.75, 3.05) is 47.6 Å². The molecule has 0 saturated carbocycles. The van der Waals surface area contributed by atoms with Crippen molar-refractivity contribution in [3.63, 3.8) is 0 Å². The molecule has 1 aliphatic rings. The smallest absolute Gasteiger partial charge is 0.282 e. The molecule has 0 radical (unpaired) electrons. The number of amides is 1. The predicted molar refractivity (Wildman–Crippen MR) is 228 cm³/mol. The summed E-state index contributed by atoms with van der Waals surface area (Å²) in [6, 6.07) is 33.6. The number of morpholine rings is 1. The van der Waals surface area contributed by atoms with Crippen LogP contribution in [-0.2, 0) is 27.9 Å². The van der Waals surface area contributed by atoms with Crippen LogP contribution in [-0.4, -0.2) is 88.8 Å². The van der Waals surface area contributed by atoms with Crippen molar-refractivity contribution >= 4 is 26.9 Å². The van der Waals surface area contributed by atoms with E-state index in [0.717, 1.165) is 39.4 Å². The fourth-order valence-corrected chi connectivity index (χ4v) is 8.80. The highest BCUT2D eigenvalue weighted by Crippen LogP contribution is 2.40. The number of ether oxygens (including phenoxy) is 5. The summed E-state index contributed by atoms with van der Waals surface area (Å²) in [6.07, 6.45) is 1.06. The number of fused-ring (bicyclic) bond motifs is 1. The van der Waals surface area contributed by atoms with Crippen molar-refractivity contribution < 1.29 is 36.9 Å². The summed E-state index contributed by atoms with van der Waals surface area (Å²) in [6.45, 7) is 7.07. The third-order valence-corrected chi connectivity index (χ3v) is 12.1. The van der Waals surface area contributed by atoms with Gasteiger partial charge in [0, 0.05) is 44.7 Å². The Morgan fingerprint density at radius 1 is 0.845 bits per heavy atom. The molecule has 0 aliphatic carbocycles. The van der Waals surface area contributed by atoms with Gasteiger partial charge in [-0.15, -0.1) is 0 Å². The molecule has 5 aromatic carbocycles. The van der Waals surface area contributed by atoms with Gasteiger partial charge in [0.25, 0.3) is 16.1 Å². The highest BCUT2D eigenvalue weighted by Gasteiger charge is 2.36. The van der Waals surface area contributed by atoms with E-state index in [1.54, 1.807) is 19.2 Å². The molecule has 1 N–H and O–H groups in total. The zero-order valence-corrected chi connectivity index (χ0v) is 35.1. The lowest BCUT2D eigenvalue weighted by Crippen LogP contribution is -2.53. The standard InChI is InChI=1S/C46H55N3O8S/c1-7-26-55-42-23-21-37-15-11-12-16-39(37)41(42)31-48(4)58(51,52)49-29-33(3)57-38(30-49)25-27-56-45-43(53-5)24-22-40(44(45)54-6)46(50)47-32(2)28-34-17-19-36(20-18-34)35-13-9-8-10-14-35/h8-24,32-33,38H,7,25-31H2,1-6H3,(H,47,50). The normalized spacial score (nSPS) is 16.5. The predicted octanol–water partition coefficient (Wildman–Crippen LogP) is 7.91. The topological polar surface area (TPSA) is 116 Å². The summed E-state index contributed by atoms with van der Waals surface area (Å²) in [7, 11) is 0.725. The summed E-state index contributed by atoms with van der Waals surface area (Å²) in [4.78, 5) is 13.6. The molecule has 58 heavy (non-hydrogen) atoms. The lowest BCUT2D eigenvalue weighted by Gasteiger charge is -2.37. The quantitative estimate of drug-likeness (QED) is 0.0951. The Morgan fingerprint density at radius 3 is 2.28 bits per heavy atom. The fraction of sp³-hybridized carbons (Fsp3) is 0.370. The van der Waals surface area contributed by atoms with E-state index in [9.17, 15) is 13.2 Å². The van der Waals surface area contributed by atoms with Gasteiger partial charge in [0.15, 0.2) is 11.5 Å². The van der Waals surface area contributed by atoms with Gasteiger partial charge in [-0.3, -0.25) is 4.79 Å². The van der Waals surface area contributed by atoms with Gasteiger partial charge in [-0.25, -0.2) is 0 Å². The van der Waals surface area contributed by atoms with Crippen LogP contribution in [0.5, 0.6) is 23.0 Å². The van der Waals surface area contributed by atoms with Crippen LogP contribution in [0, 0.1) is 0 Å². The van der Waals surface area contributed by atoms with Crippen LogP contribution < -0.4 is 24.3 Å². The summed E-state index contributed by atoms with van der Waals surface area (Å²) in [5.41, 5.74) is 4.52. The largest absolute Gasteiger partial charge is 0.493 e. The Hall–Kier alpha value is -5.14. The summed E-state index contributed by atoms with van der Waals surface area (Å²) in [5, 5.41) is 5.07. The van der Waals surface area contributed by atoms with E-state index in [-0.39, 0.29) is 55.8 Å². The first kappa shape index (κ1) is 42.5. The van der Waals surface area contributed by atoms with Crippen LogP contribution in [0.3, 0.4) is 0 Å². The first-order chi connectivity index (χ1) is 28.0. The van der Waals surface area contributed by atoms with E-state index >= 15 is 0 Å². The molecule has 1 heterocycles. The number of benzene rings is 5. The number of nitrogens with one attached hydrogen (secondary N) is 1. The van der Waals surface area contributed by atoms with E-state index in [4.69, 9.17) is 23.7 Å². The van der Waals surface area contributed by atoms with Gasteiger partial charge >= 0.3 is 0 Å². The molecule has 1 saturated heterocycles. The minimum Gasteiger partial charge on any atom is -0.493 e. The van der Waals surface area contributed by atoms with Crippen LogP contribution in [0.25, 0.3) is 21.9 Å². The van der Waals surface area contributed by atoms with Gasteiger partial charge in [-0.05, 0) is 72.4 Å². The molecule has 12 heteroatoms. The van der Waals surface area contributed by atoms with Crippen LogP contribution in [0.15, 0.2) is 103 Å². The van der Waals surface area contributed by atoms with Crippen molar-refractivity contribution in [1.82, 2.24) is 13.9 Å². The summed E-state index contributed by atoms with van der Waals surface area (Å²) in [5.74, 6) is 1.31. The van der Waals surface area contributed by atoms with Gasteiger partial charge in [-0.2, -0.15) is 17.0 Å². The first-order valence-electron chi connectivity index (χ1n) is 19.9. The van der Waals surface area contributed by atoms with Crippen molar-refractivity contribution in [3.05, 3.63) is 120 Å². The molecule has 3 atom stereocenters. The summed E-state index contributed by atoms with van der Waals surface area (Å²) < 4.78 is 61.0. The molecular weight excluding hydrogens is 755 g/mol. The number of hydrogen-bond acceptors (Lipinski definition) is 8. The maximum absolute atomic E-state index is 14.1. The van der Waals surface area contributed by atoms with Gasteiger partial charge in [0.1, 0.15) is 5.75 Å². The highest BCUT2D eigenvalue weighted by atomic mass is 32.2. The number of rotatable bonds is 18. The van der Waals surface area contributed by atoms with Gasteiger partial charge in [-0.1, -0.05) is 91.9 Å². The molecular formula is C46H55N3O8S. The number of hydrogen-bond donors (Lipinski definition) is 1. The van der Waals surface area contributed by atoms with Crippen molar-refractivity contribution in [2.45, 2.75) is 64.8 Å². The molecule has 0 spiro atoms. The van der Waals surface area contributed by atoms with Crippen LogP contribution >= 0.6 is 0 Å². The monoisotopic (exact) mass is 809 g/mol. The average molecular weight is 810 g/mol. The van der Waals surface area contributed by atoms with Crippen LogP contribution in [0.4, 0.5) is 0 Å². The van der Waals surface area contributed by atoms with E-state index in [1.165, 1.54) is 22.8 Å². The lowest BCUT2D eigenvalue weighted by atomic mass is 10.0. The molecule has 6 rings (SSSR count). The second kappa shape index (κ2) is 19.5. The minimum absolute atomic E-state index is 0.145. The second-order valence-electron chi connectivity index (χ2n) is 14.7. The molecule has 1 aliphatic heterocycles. The molecule has 1 amide bonds. The zero-order valence-electron chi connectivity index (χ0n) is 34.3. The fourth-order valence-electron chi connectivity index (χ4n) is 7.36. The first-order valence-corrected chi connectivity index (χ1v) is 21.2. The number of carbonyl (C=O) groups is 1. The zero-order chi connectivity index (χ0) is 41.2. The Balaban J connectivity index is 1.09. The molecule has 0 bridgehead atoms. The Labute approximate surface area is 343 Å². The highest BCUT2D eigenvalue weighted by molar-refractivity contribution is 7.86. The van der Waals surface area contributed by atoms with Gasteiger partial charge in [0.2, 0.25) is 5.75 Å². The van der Waals surface area contributed by atoms with E-state index in [0.29, 0.717) is 36.5 Å². The minimum atomic E-state index is -3.88. The van der Waals surface area contributed by atoms with Crippen molar-refractivity contribution in [3.8, 4) is 34.1 Å². The molecule has 1 fully saturated rings. The molecule has 3 unspecified atom stereocenters. The second-order valence-corrected chi connectivity index (χ2v) is 16.8. The SMILES string of the molecule is CCCOc1ccc2ccccc2c1CN(C)S(=O)(=O)N1CC(C)OC(CCOc2c(OC)ccc(C(=O)NC(C)Cc3ccc(-c4ccccc4)cc3)c2OC)C1. The molecule has 5 aromatic rings. The third kappa shape index (κ3) is 10.1. The van der Waals surface area contributed by atoms with E-state index < -0.39 is 16.3 Å². The van der Waals surface area contributed by atoms with Crippen LogP contribution in [0.1, 0.15) is 55.1 Å². The van der Waals surface area contributed by atoms with Gasteiger partial charge < -0.3 is 29.0 Å². The maximum Gasteiger partial charge on any atom is 0.282 e. The molecule has 308 valence electrons. The van der Waals surface area contributed by atoms with E-state index in [1.807, 2.05) is 75.4 Å². The number of methoxy groups -OCH3 is 2. The molecule has 11 nitrogen and oxygen atoms in total. The molecule has 0 aromatic heterocycles. The van der Waals surface area contributed by atoms with Crippen molar-refractivity contribution in [1.29, 1.82) is 0 Å². The third-order valence-electron chi connectivity index (χ3n) is 10.3. The Morgan fingerprint density at radius 2 is 1.55 bits per heavy atom. The Kier molecular flexibility index (Phi) is 14.3. The van der Waals surface area contributed by atoms with E-state index in [2.05, 4.69) is 41.7 Å².